The van der Waals surface area contributed by atoms with Crippen molar-refractivity contribution in [2.75, 3.05) is 39.6 Å². The van der Waals surface area contributed by atoms with Gasteiger partial charge in [0.2, 0.25) is 0 Å². The van der Waals surface area contributed by atoms with E-state index < -0.39 is 12.3 Å². The quantitative estimate of drug-likeness (QED) is 0.0360. The van der Waals surface area contributed by atoms with Gasteiger partial charge in [-0.1, -0.05) is 104 Å². The summed E-state index contributed by atoms with van der Waals surface area (Å²) in [4.78, 5) is 19.9. The van der Waals surface area contributed by atoms with Gasteiger partial charge in [0, 0.05) is 39.6 Å². The van der Waals surface area contributed by atoms with Crippen molar-refractivity contribution < 1.29 is 38.7 Å². The predicted octanol–water partition coefficient (Wildman–Crippen LogP) is 9.70. The zero-order valence-corrected chi connectivity index (χ0v) is 34.2. The minimum atomic E-state index is -1.42. The van der Waals surface area contributed by atoms with Crippen LogP contribution in [0.1, 0.15) is 182 Å². The molecule has 0 aromatic rings. The van der Waals surface area contributed by atoms with E-state index in [0.717, 1.165) is 90.6 Å². The van der Waals surface area contributed by atoms with E-state index in [1.165, 1.54) is 89.9 Å². The molecule has 0 atom stereocenters. The average Bonchev–Trinajstić information content (AvgIpc) is 3.05. The van der Waals surface area contributed by atoms with Crippen LogP contribution >= 0.6 is 0 Å². The Bertz CT molecular complexity index is 532. The molecule has 280 valence electrons. The fourth-order valence-corrected chi connectivity index (χ4v) is 8.69. The second-order valence-electron chi connectivity index (χ2n) is 12.2. The first-order valence-electron chi connectivity index (χ1n) is 19.5. The van der Waals surface area contributed by atoms with Crippen molar-refractivity contribution in [3.63, 3.8) is 0 Å². The maximum atomic E-state index is 9.97. The number of unbranched alkanes of at least 4 members (excludes halogenated alkanes) is 18. The van der Waals surface area contributed by atoms with Crippen molar-refractivity contribution in [3.8, 4) is 0 Å². The third-order valence-electron chi connectivity index (χ3n) is 7.50. The van der Waals surface area contributed by atoms with Crippen LogP contribution in [0.2, 0.25) is 8.87 Å². The summed E-state index contributed by atoms with van der Waals surface area (Å²) >= 11 is 0.149. The summed E-state index contributed by atoms with van der Waals surface area (Å²) in [6, 6.07) is 0. The van der Waals surface area contributed by atoms with E-state index in [9.17, 15) is 19.8 Å². The molecule has 0 spiro atoms. The molecule has 0 aromatic heterocycles. The summed E-state index contributed by atoms with van der Waals surface area (Å²) in [6.07, 6.45) is 26.1. The van der Waals surface area contributed by atoms with Crippen LogP contribution in [0, 0.1) is 0 Å². The first-order chi connectivity index (χ1) is 23.0. The first-order valence-corrected chi connectivity index (χ1v) is 23.5. The van der Waals surface area contributed by atoms with Crippen molar-refractivity contribution in [1.82, 2.24) is 0 Å². The van der Waals surface area contributed by atoms with Crippen LogP contribution in [0.5, 0.6) is 0 Å². The molecule has 0 aliphatic rings. The molecule has 0 saturated heterocycles. The molecular formula is C38H76O8Sn. The Morgan fingerprint density at radius 2 is 0.638 bits per heavy atom. The second kappa shape index (κ2) is 49.6. The molecule has 0 rings (SSSR count). The molecule has 0 saturated carbocycles. The zero-order chi connectivity index (χ0) is 35.3. The molecule has 0 heterocycles. The van der Waals surface area contributed by atoms with Crippen LogP contribution in [0.4, 0.5) is 9.59 Å². The molecule has 0 fully saturated rings. The van der Waals surface area contributed by atoms with E-state index in [2.05, 4.69) is 37.2 Å². The number of carboxylic acid groups (broad SMARTS) is 2. The molecule has 0 amide bonds. The third-order valence-corrected chi connectivity index (χ3v) is 11.5. The maximum absolute atomic E-state index is 9.97. The van der Waals surface area contributed by atoms with Gasteiger partial charge in [-0.3, -0.25) is 0 Å². The molecule has 0 N–H and O–H groups in total. The van der Waals surface area contributed by atoms with Gasteiger partial charge in [0.05, 0.1) is 0 Å². The summed E-state index contributed by atoms with van der Waals surface area (Å²) in [5, 5.41) is 19.9. The Hall–Kier alpha value is -0.741. The van der Waals surface area contributed by atoms with Crippen LogP contribution in [0.15, 0.2) is 0 Å². The Kier molecular flexibility index (Phi) is 53.5. The van der Waals surface area contributed by atoms with Crippen molar-refractivity contribution in [2.45, 2.75) is 191 Å². The van der Waals surface area contributed by atoms with Crippen LogP contribution < -0.4 is 10.2 Å². The van der Waals surface area contributed by atoms with E-state index in [1.807, 2.05) is 0 Å². The van der Waals surface area contributed by atoms with Gasteiger partial charge >= 0.3 is 69.5 Å². The Balaban J connectivity index is -0.000000658. The number of rotatable bonds is 34. The minimum absolute atomic E-state index is 0.149. The summed E-state index contributed by atoms with van der Waals surface area (Å²) in [7, 11) is 0. The van der Waals surface area contributed by atoms with Crippen molar-refractivity contribution in [2.24, 2.45) is 0 Å². The van der Waals surface area contributed by atoms with Gasteiger partial charge in [-0.2, -0.15) is 0 Å². The fourth-order valence-electron chi connectivity index (χ4n) is 4.53. The van der Waals surface area contributed by atoms with Gasteiger partial charge in [0.15, 0.2) is 0 Å². The van der Waals surface area contributed by atoms with Gasteiger partial charge in [-0.05, 0) is 38.5 Å². The number of carbonyl (C=O) groups is 2. The van der Waals surface area contributed by atoms with E-state index in [0.29, 0.717) is 0 Å². The number of hydrogen-bond donors (Lipinski definition) is 0. The summed E-state index contributed by atoms with van der Waals surface area (Å²) in [5.74, 6) is 0. The van der Waals surface area contributed by atoms with E-state index >= 15 is 0 Å². The SMILES string of the molecule is CCCCCCCOCCCCCCCOC(=O)[O-].CCCCCCCOCCCCCCCOC(=O)[O-].CCC[CH2][Sn+2][CH2]CCC. The second-order valence-corrected chi connectivity index (χ2v) is 16.5. The monoisotopic (exact) mass is 780 g/mol. The van der Waals surface area contributed by atoms with Crippen LogP contribution in [0.25, 0.3) is 0 Å². The molecule has 0 radical (unpaired) electrons. The Labute approximate surface area is 301 Å². The molecule has 0 unspecified atom stereocenters. The summed E-state index contributed by atoms with van der Waals surface area (Å²) < 4.78 is 23.0. The van der Waals surface area contributed by atoms with Gasteiger partial charge in [-0.15, -0.1) is 0 Å². The first kappa shape index (κ1) is 50.6. The standard InChI is InChI=1S/2C15H30O4.2C4H9.Sn/c2*1-2-3-4-6-9-12-18-13-10-7-5-8-11-14-19-15(16)17;2*1-3-4-2;/h2*2-14H2,1H3,(H,16,17);2*1,3-4H2,2H3;/q;;;;+2/p-2. The van der Waals surface area contributed by atoms with Crippen LogP contribution in [0.3, 0.4) is 0 Å². The summed E-state index contributed by atoms with van der Waals surface area (Å²) in [6.45, 7) is 13.0. The van der Waals surface area contributed by atoms with E-state index in [-0.39, 0.29) is 34.4 Å². The van der Waals surface area contributed by atoms with Gasteiger partial charge < -0.3 is 38.7 Å². The molecular weight excluding hydrogens is 703 g/mol. The van der Waals surface area contributed by atoms with Gasteiger partial charge in [0.1, 0.15) is 0 Å². The normalized spacial score (nSPS) is 10.3. The van der Waals surface area contributed by atoms with E-state index in [1.54, 1.807) is 8.87 Å². The number of carbonyl (C=O) groups excluding carboxylic acids is 2. The van der Waals surface area contributed by atoms with Gasteiger partial charge in [0.25, 0.3) is 12.3 Å². The summed E-state index contributed by atoms with van der Waals surface area (Å²) in [5.41, 5.74) is 0. The number of hydrogen-bond acceptors (Lipinski definition) is 8. The Morgan fingerprint density at radius 3 is 0.915 bits per heavy atom. The van der Waals surface area contributed by atoms with Crippen LogP contribution in [-0.4, -0.2) is 73.1 Å². The third kappa shape index (κ3) is 61.0. The topological polar surface area (TPSA) is 117 Å². The fraction of sp³-hybridized carbons (Fsp3) is 0.947. The molecule has 8 nitrogen and oxygen atoms in total. The zero-order valence-electron chi connectivity index (χ0n) is 31.4. The Morgan fingerprint density at radius 1 is 0.383 bits per heavy atom. The molecule has 0 aromatic carbocycles. The van der Waals surface area contributed by atoms with Crippen molar-refractivity contribution >= 4 is 33.5 Å². The number of ether oxygens (including phenoxy) is 4. The van der Waals surface area contributed by atoms with Crippen molar-refractivity contribution in [1.29, 1.82) is 0 Å². The molecule has 0 bridgehead atoms. The van der Waals surface area contributed by atoms with Crippen molar-refractivity contribution in [3.05, 3.63) is 0 Å². The predicted molar refractivity (Wildman–Crippen MR) is 193 cm³/mol. The van der Waals surface area contributed by atoms with Gasteiger partial charge in [-0.25, -0.2) is 0 Å². The average molecular weight is 780 g/mol. The molecule has 0 aliphatic carbocycles. The molecule has 0 aliphatic heterocycles. The molecule has 47 heavy (non-hydrogen) atoms. The molecule has 9 heteroatoms. The van der Waals surface area contributed by atoms with Crippen LogP contribution in [-0.2, 0) is 18.9 Å². The van der Waals surface area contributed by atoms with E-state index in [4.69, 9.17) is 9.47 Å².